The van der Waals surface area contributed by atoms with Crippen molar-refractivity contribution >= 4 is 23.6 Å². The summed E-state index contributed by atoms with van der Waals surface area (Å²) < 4.78 is 0. The molecule has 6 heteroatoms. The maximum atomic E-state index is 12.8. The minimum atomic E-state index is -1.40. The van der Waals surface area contributed by atoms with E-state index >= 15 is 0 Å². The lowest BCUT2D eigenvalue weighted by Gasteiger charge is -2.40. The lowest BCUT2D eigenvalue weighted by atomic mass is 9.81. The van der Waals surface area contributed by atoms with E-state index in [1.165, 1.54) is 26.1 Å². The molecule has 0 aromatic carbocycles. The van der Waals surface area contributed by atoms with Crippen LogP contribution in [0.2, 0.25) is 0 Å². The van der Waals surface area contributed by atoms with Crippen molar-refractivity contribution in [2.75, 3.05) is 13.6 Å². The van der Waals surface area contributed by atoms with Gasteiger partial charge in [-0.2, -0.15) is 0 Å². The van der Waals surface area contributed by atoms with E-state index in [-0.39, 0.29) is 6.42 Å². The molecule has 0 aliphatic carbocycles. The Labute approximate surface area is 148 Å². The molecule has 1 aliphatic rings. The van der Waals surface area contributed by atoms with Gasteiger partial charge in [-0.1, -0.05) is 42.5 Å². The van der Waals surface area contributed by atoms with Crippen LogP contribution in [0.25, 0.3) is 0 Å². The summed E-state index contributed by atoms with van der Waals surface area (Å²) in [5.74, 6) is -1.63. The minimum Gasteiger partial charge on any atom is -0.293 e. The van der Waals surface area contributed by atoms with Gasteiger partial charge in [0.2, 0.25) is 11.8 Å². The van der Waals surface area contributed by atoms with Gasteiger partial charge < -0.3 is 0 Å². The molecule has 1 fully saturated rings. The molecule has 1 saturated heterocycles. The lowest BCUT2D eigenvalue weighted by Crippen LogP contribution is -2.63. The average molecular weight is 344 g/mol. The van der Waals surface area contributed by atoms with E-state index in [9.17, 15) is 19.2 Å². The molecule has 0 radical (unpaired) electrons. The van der Waals surface area contributed by atoms with Crippen molar-refractivity contribution in [3.63, 3.8) is 0 Å². The number of hydrogen-bond donors (Lipinski definition) is 0. The van der Waals surface area contributed by atoms with Crippen LogP contribution in [0.3, 0.4) is 0 Å². The third-order valence-corrected chi connectivity index (χ3v) is 3.88. The fraction of sp³-hybridized carbons (Fsp3) is 0.368. The molecule has 0 bridgehead atoms. The third kappa shape index (κ3) is 4.62. The normalized spacial score (nSPS) is 21.4. The molecule has 6 nitrogen and oxygen atoms in total. The van der Waals surface area contributed by atoms with Crippen molar-refractivity contribution in [1.82, 2.24) is 9.80 Å². The van der Waals surface area contributed by atoms with Gasteiger partial charge in [-0.25, -0.2) is 4.79 Å². The van der Waals surface area contributed by atoms with Gasteiger partial charge in [-0.15, -0.1) is 0 Å². The number of allylic oxidation sites excluding steroid dienone is 6. The molecule has 1 heterocycles. The number of hydrogen-bond acceptors (Lipinski definition) is 4. The van der Waals surface area contributed by atoms with Gasteiger partial charge in [0.25, 0.3) is 0 Å². The van der Waals surface area contributed by atoms with Crippen molar-refractivity contribution in [1.29, 1.82) is 0 Å². The van der Waals surface area contributed by atoms with E-state index in [1.54, 1.807) is 24.3 Å². The van der Waals surface area contributed by atoms with Gasteiger partial charge in [0.15, 0.2) is 5.78 Å². The first-order valence-corrected chi connectivity index (χ1v) is 7.91. The minimum absolute atomic E-state index is 0.174. The quantitative estimate of drug-likeness (QED) is 0.308. The van der Waals surface area contributed by atoms with E-state index in [1.807, 2.05) is 13.8 Å². The van der Waals surface area contributed by atoms with Crippen LogP contribution in [0.4, 0.5) is 4.79 Å². The number of urea groups is 1. The standard InChI is InChI=1S/C19H24N2O4/c1-6-7-8-9-10-15(22)13-21-17(24)19(4,12-11-14(2)3)16(23)20(5)18(21)25/h6-11H,1,12-13H2,2-5H3/b8-7-,10-9+. The summed E-state index contributed by atoms with van der Waals surface area (Å²) in [5, 5.41) is 0. The van der Waals surface area contributed by atoms with E-state index in [0.717, 1.165) is 15.4 Å². The van der Waals surface area contributed by atoms with E-state index < -0.39 is 35.6 Å². The Balaban J connectivity index is 3.06. The number of barbiturate groups is 1. The zero-order chi connectivity index (χ0) is 19.2. The zero-order valence-electron chi connectivity index (χ0n) is 15.1. The van der Waals surface area contributed by atoms with Gasteiger partial charge in [-0.3, -0.25) is 24.2 Å². The summed E-state index contributed by atoms with van der Waals surface area (Å²) in [6.45, 7) is 8.32. The number of carbonyl (C=O) groups excluding carboxylic acids is 4. The number of ketones is 1. The summed E-state index contributed by atoms with van der Waals surface area (Å²) >= 11 is 0. The highest BCUT2D eigenvalue weighted by molar-refractivity contribution is 6.20. The highest BCUT2D eigenvalue weighted by Gasteiger charge is 2.52. The molecule has 0 saturated carbocycles. The van der Waals surface area contributed by atoms with E-state index in [2.05, 4.69) is 6.58 Å². The summed E-state index contributed by atoms with van der Waals surface area (Å²) in [6.07, 6.45) is 9.53. The molecule has 0 N–H and O–H groups in total. The number of imide groups is 2. The molecular weight excluding hydrogens is 320 g/mol. The maximum Gasteiger partial charge on any atom is 0.333 e. The molecule has 25 heavy (non-hydrogen) atoms. The second kappa shape index (κ2) is 8.37. The Morgan fingerprint density at radius 1 is 1.12 bits per heavy atom. The van der Waals surface area contributed by atoms with E-state index in [4.69, 9.17) is 0 Å². The van der Waals surface area contributed by atoms with Crippen LogP contribution in [0.1, 0.15) is 27.2 Å². The van der Waals surface area contributed by atoms with Gasteiger partial charge in [-0.05, 0) is 33.3 Å². The largest absolute Gasteiger partial charge is 0.333 e. The first-order chi connectivity index (χ1) is 11.6. The zero-order valence-corrected chi connectivity index (χ0v) is 15.1. The Kier molecular flexibility index (Phi) is 6.79. The van der Waals surface area contributed by atoms with Crippen molar-refractivity contribution < 1.29 is 19.2 Å². The second-order valence-electron chi connectivity index (χ2n) is 6.30. The van der Waals surface area contributed by atoms with Crippen LogP contribution in [-0.4, -0.2) is 47.0 Å². The predicted octanol–water partition coefficient (Wildman–Crippen LogP) is 2.64. The first-order valence-electron chi connectivity index (χ1n) is 7.91. The van der Waals surface area contributed by atoms with Crippen LogP contribution in [-0.2, 0) is 14.4 Å². The predicted molar refractivity (Wildman–Crippen MR) is 95.5 cm³/mol. The summed E-state index contributed by atoms with van der Waals surface area (Å²) in [6, 6.07) is -0.784. The van der Waals surface area contributed by atoms with Crippen molar-refractivity contribution in [3.8, 4) is 0 Å². The van der Waals surface area contributed by atoms with Crippen molar-refractivity contribution in [2.45, 2.75) is 27.2 Å². The average Bonchev–Trinajstić information content (AvgIpc) is 2.57. The number of carbonyl (C=O) groups is 4. The molecule has 1 unspecified atom stereocenters. The molecule has 134 valence electrons. The van der Waals surface area contributed by atoms with Crippen LogP contribution in [0, 0.1) is 5.41 Å². The monoisotopic (exact) mass is 344 g/mol. The van der Waals surface area contributed by atoms with Crippen LogP contribution in [0.5, 0.6) is 0 Å². The molecule has 0 spiro atoms. The molecule has 4 amide bonds. The molecule has 0 aromatic rings. The van der Waals surface area contributed by atoms with Gasteiger partial charge in [0.1, 0.15) is 5.41 Å². The maximum absolute atomic E-state index is 12.8. The van der Waals surface area contributed by atoms with Crippen LogP contribution in [0.15, 0.2) is 48.6 Å². The van der Waals surface area contributed by atoms with Crippen LogP contribution < -0.4 is 0 Å². The summed E-state index contributed by atoms with van der Waals surface area (Å²) in [7, 11) is 1.32. The summed E-state index contributed by atoms with van der Waals surface area (Å²) in [5.41, 5.74) is -0.437. The lowest BCUT2D eigenvalue weighted by molar-refractivity contribution is -0.157. The van der Waals surface area contributed by atoms with E-state index in [0.29, 0.717) is 0 Å². The smallest absolute Gasteiger partial charge is 0.293 e. The summed E-state index contributed by atoms with van der Waals surface area (Å²) in [4.78, 5) is 51.3. The second-order valence-corrected chi connectivity index (χ2v) is 6.30. The fourth-order valence-electron chi connectivity index (χ4n) is 2.35. The van der Waals surface area contributed by atoms with Crippen molar-refractivity contribution in [3.05, 3.63) is 48.6 Å². The molecule has 0 aromatic heterocycles. The molecule has 1 rings (SSSR count). The molecule has 1 atom stereocenters. The van der Waals surface area contributed by atoms with Gasteiger partial charge in [0.05, 0.1) is 6.54 Å². The number of nitrogens with zero attached hydrogens (tertiary/aromatic N) is 2. The topological polar surface area (TPSA) is 74.8 Å². The molecule has 1 aliphatic heterocycles. The highest BCUT2D eigenvalue weighted by Crippen LogP contribution is 2.32. The Morgan fingerprint density at radius 2 is 1.76 bits per heavy atom. The fourth-order valence-corrected chi connectivity index (χ4v) is 2.35. The highest BCUT2D eigenvalue weighted by atomic mass is 16.2. The first kappa shape index (κ1) is 20.3. The number of rotatable bonds is 7. The molecular formula is C19H24N2O4. The van der Waals surface area contributed by atoms with Crippen molar-refractivity contribution in [2.24, 2.45) is 5.41 Å². The van der Waals surface area contributed by atoms with Crippen LogP contribution >= 0.6 is 0 Å². The Hall–Kier alpha value is -2.76. The van der Waals surface area contributed by atoms with Gasteiger partial charge >= 0.3 is 6.03 Å². The van der Waals surface area contributed by atoms with Gasteiger partial charge in [0, 0.05) is 7.05 Å². The third-order valence-electron chi connectivity index (χ3n) is 3.88. The Bertz CT molecular complexity index is 684. The SMILES string of the molecule is C=C/C=C\C=C\C(=O)CN1C(=O)N(C)C(=O)C(C)(CC=C(C)C)C1=O. The number of amides is 4. The Morgan fingerprint density at radius 3 is 2.32 bits per heavy atom.